The molecule has 1 saturated heterocycles. The number of hydrogen-bond donors (Lipinski definition) is 0. The standard InChI is InChI=1S/C20H25F3N2O2/c1-3-14-6-4-5-7-17(14)24-11-16(10-18(24)26)19(27)25(12-20(21,22)23)13(2)15-8-9-15/h4-7,13,15-16H,3,8-12H2,1-2H3. The third kappa shape index (κ3) is 4.45. The van der Waals surface area contributed by atoms with Crippen LogP contribution < -0.4 is 4.90 Å². The summed E-state index contributed by atoms with van der Waals surface area (Å²) in [5.74, 6) is -1.37. The van der Waals surface area contributed by atoms with Gasteiger partial charge in [0, 0.05) is 24.7 Å². The average Bonchev–Trinajstić information content (AvgIpc) is 3.40. The highest BCUT2D eigenvalue weighted by atomic mass is 19.4. The largest absolute Gasteiger partial charge is 0.406 e. The number of carbonyl (C=O) groups excluding carboxylic acids is 2. The third-order valence-electron chi connectivity index (χ3n) is 5.57. The van der Waals surface area contributed by atoms with Crippen molar-refractivity contribution in [3.8, 4) is 0 Å². The summed E-state index contributed by atoms with van der Waals surface area (Å²) in [5.41, 5.74) is 1.73. The molecule has 0 N–H and O–H groups in total. The Morgan fingerprint density at radius 2 is 1.96 bits per heavy atom. The van der Waals surface area contributed by atoms with Crippen LogP contribution in [-0.2, 0) is 16.0 Å². The highest BCUT2D eigenvalue weighted by molar-refractivity contribution is 6.00. The van der Waals surface area contributed by atoms with Crippen LogP contribution >= 0.6 is 0 Å². The average molecular weight is 382 g/mol. The van der Waals surface area contributed by atoms with E-state index in [1.807, 2.05) is 31.2 Å². The lowest BCUT2D eigenvalue weighted by molar-refractivity contribution is -0.168. The van der Waals surface area contributed by atoms with Crippen LogP contribution in [0.25, 0.3) is 0 Å². The number of carbonyl (C=O) groups is 2. The van der Waals surface area contributed by atoms with Crippen LogP contribution in [0.2, 0.25) is 0 Å². The molecule has 0 spiro atoms. The fraction of sp³-hybridized carbons (Fsp3) is 0.600. The summed E-state index contributed by atoms with van der Waals surface area (Å²) in [6.45, 7) is 2.55. The molecule has 3 rings (SSSR count). The topological polar surface area (TPSA) is 40.6 Å². The number of rotatable bonds is 6. The Bertz CT molecular complexity index is 715. The van der Waals surface area contributed by atoms with E-state index >= 15 is 0 Å². The van der Waals surface area contributed by atoms with Gasteiger partial charge in [0.2, 0.25) is 11.8 Å². The van der Waals surface area contributed by atoms with Crippen molar-refractivity contribution in [2.75, 3.05) is 18.0 Å². The lowest BCUT2D eigenvalue weighted by Crippen LogP contribution is -2.48. The molecule has 7 heteroatoms. The summed E-state index contributed by atoms with van der Waals surface area (Å²) in [7, 11) is 0. The molecule has 1 aliphatic heterocycles. The molecule has 0 radical (unpaired) electrons. The Morgan fingerprint density at radius 3 is 2.56 bits per heavy atom. The minimum absolute atomic E-state index is 0.0391. The van der Waals surface area contributed by atoms with Gasteiger partial charge in [0.15, 0.2) is 0 Å². The molecule has 2 atom stereocenters. The summed E-state index contributed by atoms with van der Waals surface area (Å²) in [5, 5.41) is 0. The first kappa shape index (κ1) is 19.7. The van der Waals surface area contributed by atoms with Gasteiger partial charge in [-0.2, -0.15) is 13.2 Å². The highest BCUT2D eigenvalue weighted by Crippen LogP contribution is 2.38. The van der Waals surface area contributed by atoms with Gasteiger partial charge in [0.05, 0.1) is 5.92 Å². The quantitative estimate of drug-likeness (QED) is 0.751. The molecule has 2 aliphatic rings. The molecule has 1 aromatic carbocycles. The molecular formula is C20H25F3N2O2. The number of nitrogens with zero attached hydrogens (tertiary/aromatic N) is 2. The molecular weight excluding hydrogens is 357 g/mol. The maximum atomic E-state index is 13.0. The van der Waals surface area contributed by atoms with Gasteiger partial charge < -0.3 is 9.80 Å². The second-order valence-corrected chi connectivity index (χ2v) is 7.55. The maximum absolute atomic E-state index is 13.0. The number of anilines is 1. The second kappa shape index (κ2) is 7.52. The van der Waals surface area contributed by atoms with Crippen molar-refractivity contribution in [3.05, 3.63) is 29.8 Å². The lowest BCUT2D eigenvalue weighted by Gasteiger charge is -2.32. The maximum Gasteiger partial charge on any atom is 0.406 e. The number of alkyl halides is 3. The number of hydrogen-bond acceptors (Lipinski definition) is 2. The van der Waals surface area contributed by atoms with Crippen LogP contribution in [0.3, 0.4) is 0 Å². The van der Waals surface area contributed by atoms with E-state index in [0.717, 1.165) is 35.4 Å². The number of benzene rings is 1. The van der Waals surface area contributed by atoms with Crippen molar-refractivity contribution in [2.45, 2.75) is 51.7 Å². The van der Waals surface area contributed by atoms with Gasteiger partial charge in [0.1, 0.15) is 6.54 Å². The Morgan fingerprint density at radius 1 is 1.30 bits per heavy atom. The van der Waals surface area contributed by atoms with Crippen molar-refractivity contribution < 1.29 is 22.8 Å². The molecule has 4 nitrogen and oxygen atoms in total. The fourth-order valence-electron chi connectivity index (χ4n) is 3.86. The molecule has 2 fully saturated rings. The normalized spacial score (nSPS) is 21.4. The number of amides is 2. The first-order chi connectivity index (χ1) is 12.7. The summed E-state index contributed by atoms with van der Waals surface area (Å²) in [6, 6.07) is 6.99. The third-order valence-corrected chi connectivity index (χ3v) is 5.57. The van der Waals surface area contributed by atoms with Crippen molar-refractivity contribution in [1.29, 1.82) is 0 Å². The number of halogens is 3. The Balaban J connectivity index is 1.78. The van der Waals surface area contributed by atoms with Crippen LogP contribution in [0, 0.1) is 11.8 Å². The predicted octanol–water partition coefficient (Wildman–Crippen LogP) is 3.79. The monoisotopic (exact) mass is 382 g/mol. The number of para-hydroxylation sites is 1. The van der Waals surface area contributed by atoms with Crippen LogP contribution in [0.4, 0.5) is 18.9 Å². The molecule has 2 amide bonds. The van der Waals surface area contributed by atoms with E-state index in [1.54, 1.807) is 11.8 Å². The minimum Gasteiger partial charge on any atom is -0.330 e. The van der Waals surface area contributed by atoms with Crippen LogP contribution in [-0.4, -0.2) is 42.0 Å². The second-order valence-electron chi connectivity index (χ2n) is 7.55. The lowest BCUT2D eigenvalue weighted by atomic mass is 10.0. The van der Waals surface area contributed by atoms with Crippen molar-refractivity contribution in [3.63, 3.8) is 0 Å². The first-order valence-electron chi connectivity index (χ1n) is 9.46. The smallest absolute Gasteiger partial charge is 0.330 e. The Hall–Kier alpha value is -2.05. The zero-order valence-electron chi connectivity index (χ0n) is 15.6. The zero-order valence-corrected chi connectivity index (χ0v) is 15.6. The molecule has 1 saturated carbocycles. The first-order valence-corrected chi connectivity index (χ1v) is 9.46. The van der Waals surface area contributed by atoms with E-state index in [-0.39, 0.29) is 24.8 Å². The van der Waals surface area contributed by atoms with Gasteiger partial charge in [0.25, 0.3) is 0 Å². The minimum atomic E-state index is -4.45. The van der Waals surface area contributed by atoms with Gasteiger partial charge in [-0.05, 0) is 43.7 Å². The number of aryl methyl sites for hydroxylation is 1. The summed E-state index contributed by atoms with van der Waals surface area (Å²) >= 11 is 0. The molecule has 27 heavy (non-hydrogen) atoms. The fourth-order valence-corrected chi connectivity index (χ4v) is 3.86. The van der Waals surface area contributed by atoms with Crippen LogP contribution in [0.5, 0.6) is 0 Å². The summed E-state index contributed by atoms with van der Waals surface area (Å²) in [6.07, 6.45) is -2.05. The molecule has 0 aromatic heterocycles. The van der Waals surface area contributed by atoms with E-state index in [4.69, 9.17) is 0 Å². The van der Waals surface area contributed by atoms with Crippen LogP contribution in [0.15, 0.2) is 24.3 Å². The molecule has 1 aliphatic carbocycles. The molecule has 1 aromatic rings. The van der Waals surface area contributed by atoms with Gasteiger partial charge in [-0.1, -0.05) is 25.1 Å². The van der Waals surface area contributed by atoms with Crippen LogP contribution in [0.1, 0.15) is 38.7 Å². The van der Waals surface area contributed by atoms with Gasteiger partial charge in [-0.25, -0.2) is 0 Å². The van der Waals surface area contributed by atoms with Gasteiger partial charge in [-0.15, -0.1) is 0 Å². The van der Waals surface area contributed by atoms with Crippen molar-refractivity contribution in [2.24, 2.45) is 11.8 Å². The molecule has 0 bridgehead atoms. The van der Waals surface area contributed by atoms with Crippen molar-refractivity contribution >= 4 is 17.5 Å². The van der Waals surface area contributed by atoms with E-state index in [9.17, 15) is 22.8 Å². The highest BCUT2D eigenvalue weighted by Gasteiger charge is 2.45. The predicted molar refractivity (Wildman–Crippen MR) is 96.2 cm³/mol. The van der Waals surface area contributed by atoms with Gasteiger partial charge >= 0.3 is 6.18 Å². The summed E-state index contributed by atoms with van der Waals surface area (Å²) < 4.78 is 39.1. The van der Waals surface area contributed by atoms with E-state index in [2.05, 4.69) is 0 Å². The van der Waals surface area contributed by atoms with E-state index < -0.39 is 30.6 Å². The van der Waals surface area contributed by atoms with E-state index in [0.29, 0.717) is 0 Å². The summed E-state index contributed by atoms with van der Waals surface area (Å²) in [4.78, 5) is 27.9. The Labute approximate surface area is 157 Å². The van der Waals surface area contributed by atoms with Gasteiger partial charge in [-0.3, -0.25) is 9.59 Å². The van der Waals surface area contributed by atoms with E-state index in [1.165, 1.54) is 0 Å². The molecule has 1 heterocycles. The SMILES string of the molecule is CCc1ccccc1N1CC(C(=O)N(CC(F)(F)F)C(C)C2CC2)CC1=O. The zero-order chi connectivity index (χ0) is 19.8. The Kier molecular flexibility index (Phi) is 5.49. The van der Waals surface area contributed by atoms with Crippen molar-refractivity contribution in [1.82, 2.24) is 4.90 Å². The molecule has 2 unspecified atom stereocenters. The molecule has 148 valence electrons.